The lowest BCUT2D eigenvalue weighted by Crippen LogP contribution is -2.46. The highest BCUT2D eigenvalue weighted by Gasteiger charge is 2.47. The normalized spacial score (nSPS) is 21.1. The van der Waals surface area contributed by atoms with Gasteiger partial charge in [0.1, 0.15) is 47.8 Å². The highest BCUT2D eigenvalue weighted by Crippen LogP contribution is 2.56. The number of phenolic OH excluding ortho intramolecular Hbond substituents is 2. The van der Waals surface area contributed by atoms with Crippen molar-refractivity contribution >= 4 is 75.2 Å². The van der Waals surface area contributed by atoms with Gasteiger partial charge < -0.3 is 79.2 Å². The van der Waals surface area contributed by atoms with E-state index in [1.54, 1.807) is 0 Å². The standard InChI is InChI=1S/C30H42N7O19P3S/c1-30(2,25(43)28(44)33-8-7-20(40)32-9-10-60-21(41)6-4-16-3-5-17(38)11-18(16)39)13-53-59(50,51)56-58(48,49)52-12-19-24(55-57(45,46)47)23(42)29(54-19)37-15-36-22-26(31)34-14-35-27(22)37/h3-6,11,14-15,19,23-25,29,38-39,42-43H,7-10,12-13H2,1-2H3,(H,32,40)(H,33,44)(H,48,49)(H,50,51)(H2,31,34,35)(H2,45,46,47)/p-4/b6-4+/t19-,23-,24-,25+,29-/m1/s1. The lowest BCUT2D eigenvalue weighted by Gasteiger charge is -2.36. The minimum absolute atomic E-state index is 0.0323. The van der Waals surface area contributed by atoms with E-state index in [1.807, 2.05) is 0 Å². The number of nitrogens with one attached hydrogen (secondary N) is 2. The number of rotatable bonds is 21. The first-order valence-electron chi connectivity index (χ1n) is 17.1. The molecule has 2 amide bonds. The summed E-state index contributed by atoms with van der Waals surface area (Å²) < 4.78 is 60.5. The maximum Gasteiger partial charge on any atom is 0.274 e. The summed E-state index contributed by atoms with van der Waals surface area (Å²) in [6, 6.07) is 3.85. The van der Waals surface area contributed by atoms with Crippen LogP contribution in [-0.4, -0.2) is 113 Å². The molecular formula is C30H38N7O19P3S-4. The Balaban J connectivity index is 1.20. The van der Waals surface area contributed by atoms with E-state index >= 15 is 0 Å². The number of nitrogen functional groups attached to an aromatic ring is 1. The van der Waals surface area contributed by atoms with Crippen molar-refractivity contribution in [3.8, 4) is 11.5 Å². The molecule has 1 aromatic carbocycles. The second-order valence-electron chi connectivity index (χ2n) is 13.2. The van der Waals surface area contributed by atoms with Crippen LogP contribution in [0.1, 0.15) is 32.1 Å². The summed E-state index contributed by atoms with van der Waals surface area (Å²) >= 11 is 0.869. The van der Waals surface area contributed by atoms with Crippen LogP contribution >= 0.6 is 35.2 Å². The predicted octanol–water partition coefficient (Wildman–Crippen LogP) is -2.74. The van der Waals surface area contributed by atoms with E-state index in [0.29, 0.717) is 5.56 Å². The van der Waals surface area contributed by atoms with E-state index in [2.05, 4.69) is 43.5 Å². The predicted molar refractivity (Wildman–Crippen MR) is 197 cm³/mol. The van der Waals surface area contributed by atoms with Gasteiger partial charge in [-0.2, -0.15) is 0 Å². The van der Waals surface area contributed by atoms with E-state index in [1.165, 1.54) is 38.1 Å². The van der Waals surface area contributed by atoms with Crippen LogP contribution in [0.3, 0.4) is 0 Å². The fraction of sp³-hybridized carbons (Fsp3) is 0.467. The number of carbonyl (C=O) groups is 3. The quantitative estimate of drug-likeness (QED) is 0.0324. The highest BCUT2D eigenvalue weighted by atomic mass is 32.2. The molecule has 1 aliphatic rings. The number of hydrogen-bond acceptors (Lipinski definition) is 24. The van der Waals surface area contributed by atoms with Gasteiger partial charge in [0.05, 0.1) is 27.4 Å². The van der Waals surface area contributed by atoms with Gasteiger partial charge in [-0.3, -0.25) is 28.1 Å². The molecule has 3 heterocycles. The molecule has 7 atom stereocenters. The number of aliphatic hydroxyl groups is 2. The number of imidazole rings is 1. The lowest BCUT2D eigenvalue weighted by atomic mass is 9.87. The zero-order chi connectivity index (χ0) is 44.6. The first-order chi connectivity index (χ1) is 27.9. The third-order valence-electron chi connectivity index (χ3n) is 8.13. The number of anilines is 1. The average molecular weight is 926 g/mol. The minimum Gasteiger partial charge on any atom is -0.790 e. The topological polar surface area (TPSA) is 415 Å². The van der Waals surface area contributed by atoms with Crippen LogP contribution in [0.5, 0.6) is 11.5 Å². The van der Waals surface area contributed by atoms with Gasteiger partial charge in [0.15, 0.2) is 17.7 Å². The van der Waals surface area contributed by atoms with E-state index in [0.717, 1.165) is 35.0 Å². The number of phosphoric ester groups is 3. The molecule has 3 aromatic rings. The van der Waals surface area contributed by atoms with Gasteiger partial charge in [-0.1, -0.05) is 25.6 Å². The fourth-order valence-electron chi connectivity index (χ4n) is 5.14. The monoisotopic (exact) mass is 925 g/mol. The smallest absolute Gasteiger partial charge is 0.274 e. The molecule has 4 rings (SSSR count). The van der Waals surface area contributed by atoms with Crippen molar-refractivity contribution in [1.82, 2.24) is 30.2 Å². The van der Waals surface area contributed by atoms with E-state index < -0.39 is 84.6 Å². The number of aromatic hydroxyl groups is 2. The second kappa shape index (κ2) is 20.3. The van der Waals surface area contributed by atoms with E-state index in [-0.39, 0.29) is 58.9 Å². The molecule has 1 fully saturated rings. The molecule has 0 bridgehead atoms. The first-order valence-corrected chi connectivity index (χ1v) is 22.4. The zero-order valence-corrected chi connectivity index (χ0v) is 34.7. The van der Waals surface area contributed by atoms with Gasteiger partial charge in [-0.15, -0.1) is 0 Å². The average Bonchev–Trinajstić information content (AvgIpc) is 3.71. The van der Waals surface area contributed by atoms with Crippen LogP contribution < -0.4 is 35.9 Å². The van der Waals surface area contributed by atoms with Gasteiger partial charge in [-0.25, -0.2) is 19.3 Å². The van der Waals surface area contributed by atoms with Crippen LogP contribution in [0.25, 0.3) is 17.2 Å². The molecule has 30 heteroatoms. The molecule has 332 valence electrons. The second-order valence-corrected chi connectivity index (χ2v) is 18.4. The largest absolute Gasteiger partial charge is 0.790 e. The van der Waals surface area contributed by atoms with Gasteiger partial charge in [0.25, 0.3) is 15.6 Å². The summed E-state index contributed by atoms with van der Waals surface area (Å²) in [5.41, 5.74) is 4.31. The molecule has 0 saturated carbocycles. The maximum atomic E-state index is 12.6. The Morgan fingerprint density at radius 2 is 1.77 bits per heavy atom. The number of nitrogens with two attached hydrogens (primary N) is 1. The third kappa shape index (κ3) is 14.1. The number of carbonyl (C=O) groups excluding carboxylic acids is 3. The number of ether oxygens (including phenoxy) is 1. The van der Waals surface area contributed by atoms with Gasteiger partial charge in [-0.05, 0) is 24.3 Å². The molecule has 1 saturated heterocycles. The number of aromatic nitrogens is 4. The summed E-state index contributed by atoms with van der Waals surface area (Å²) in [6.07, 6.45) is -5.22. The third-order valence-corrected chi connectivity index (χ3v) is 12.0. The summed E-state index contributed by atoms with van der Waals surface area (Å²) in [4.78, 5) is 96.2. The molecule has 2 aromatic heterocycles. The summed E-state index contributed by atoms with van der Waals surface area (Å²) in [5.74, 6) is -1.86. The summed E-state index contributed by atoms with van der Waals surface area (Å²) in [7, 11) is -17.7. The maximum absolute atomic E-state index is 12.6. The van der Waals surface area contributed by atoms with Crippen LogP contribution in [0, 0.1) is 5.41 Å². The van der Waals surface area contributed by atoms with Crippen molar-refractivity contribution in [3.05, 3.63) is 42.5 Å². The fourth-order valence-corrected chi connectivity index (χ4v) is 8.44. The highest BCUT2D eigenvalue weighted by molar-refractivity contribution is 8.14. The minimum atomic E-state index is -5.94. The molecule has 0 aliphatic carbocycles. The SMILES string of the molecule is CC(C)(COP(=O)([O-])OP(=O)([O-])OC[C@H]1O[C@@H](n2cnc3c(N)ncnc32)[C@H](O)[C@@H]1OP(=O)([O-])[O-])[C@@H](O)C(=O)NCCC(=O)NCCSC(=O)/C=C/c1ccc(O)cc1O. The van der Waals surface area contributed by atoms with E-state index in [4.69, 9.17) is 10.5 Å². The summed E-state index contributed by atoms with van der Waals surface area (Å²) in [6.45, 7) is -0.171. The Hall–Kier alpha value is -3.88. The van der Waals surface area contributed by atoms with Crippen LogP contribution in [-0.2, 0) is 50.7 Å². The number of fused-ring (bicyclic) bond motifs is 1. The Morgan fingerprint density at radius 1 is 1.07 bits per heavy atom. The van der Waals surface area contributed by atoms with Crippen LogP contribution in [0.4, 0.5) is 5.82 Å². The molecule has 8 N–H and O–H groups in total. The Labute approximate surface area is 343 Å². The van der Waals surface area contributed by atoms with E-state index in [9.17, 15) is 68.1 Å². The van der Waals surface area contributed by atoms with Crippen LogP contribution in [0.15, 0.2) is 36.9 Å². The van der Waals surface area contributed by atoms with Crippen molar-refractivity contribution in [1.29, 1.82) is 0 Å². The van der Waals surface area contributed by atoms with Crippen molar-refractivity contribution < 1.29 is 90.7 Å². The number of aliphatic hydroxyl groups excluding tert-OH is 2. The number of amides is 2. The van der Waals surface area contributed by atoms with Gasteiger partial charge in [0.2, 0.25) is 16.9 Å². The number of phosphoric acid groups is 3. The van der Waals surface area contributed by atoms with Crippen LogP contribution in [0.2, 0.25) is 0 Å². The van der Waals surface area contributed by atoms with Gasteiger partial charge in [0, 0.05) is 42.3 Å². The lowest BCUT2D eigenvalue weighted by molar-refractivity contribution is -0.347. The molecule has 0 spiro atoms. The molecule has 60 heavy (non-hydrogen) atoms. The van der Waals surface area contributed by atoms with Crippen molar-refractivity contribution in [2.24, 2.45) is 5.41 Å². The Morgan fingerprint density at radius 3 is 2.45 bits per heavy atom. The van der Waals surface area contributed by atoms with Gasteiger partial charge >= 0.3 is 0 Å². The molecule has 2 unspecified atom stereocenters. The zero-order valence-electron chi connectivity index (χ0n) is 31.2. The number of thioether (sulfide) groups is 1. The Bertz CT molecular complexity index is 2210. The number of hydrogen-bond donors (Lipinski definition) is 7. The number of phenols is 2. The molecule has 0 radical (unpaired) electrons. The van der Waals surface area contributed by atoms with Crippen molar-refractivity contribution in [2.45, 2.75) is 50.9 Å². The number of benzene rings is 1. The number of nitrogens with zero attached hydrogens (tertiary/aromatic N) is 4. The molecular weight excluding hydrogens is 887 g/mol. The van der Waals surface area contributed by atoms with Crippen molar-refractivity contribution in [2.75, 3.05) is 37.8 Å². The first kappa shape index (κ1) is 48.8. The van der Waals surface area contributed by atoms with Crippen molar-refractivity contribution in [3.63, 3.8) is 0 Å². The molecule has 26 nitrogen and oxygen atoms in total. The Kier molecular flexibility index (Phi) is 16.5. The molecule has 1 aliphatic heterocycles. The summed E-state index contributed by atoms with van der Waals surface area (Å²) in [5, 5.41) is 44.8.